The number of hydrogen-bond acceptors (Lipinski definition) is 6. The molecule has 4 rings (SSSR count). The molecule has 3 aromatic heterocycles. The minimum absolute atomic E-state index is 0.0221. The number of thiazole rings is 1. The molecule has 8 heteroatoms. The first kappa shape index (κ1) is 15.3. The van der Waals surface area contributed by atoms with Gasteiger partial charge in [0.1, 0.15) is 0 Å². The van der Waals surface area contributed by atoms with Crippen molar-refractivity contribution in [3.8, 4) is 0 Å². The van der Waals surface area contributed by atoms with Crippen molar-refractivity contribution in [2.45, 2.75) is 19.8 Å². The van der Waals surface area contributed by atoms with Gasteiger partial charge in [0.25, 0.3) is 0 Å². The first-order chi connectivity index (χ1) is 11.5. The Morgan fingerprint density at radius 1 is 1.38 bits per heavy atom. The number of ketones is 1. The number of aryl methyl sites for hydroxylation is 3. The first-order valence-corrected chi connectivity index (χ1v) is 8.93. The van der Waals surface area contributed by atoms with E-state index < -0.39 is 0 Å². The number of aromatic nitrogens is 5. The lowest BCUT2D eigenvalue weighted by Crippen LogP contribution is -2.39. The van der Waals surface area contributed by atoms with Crippen molar-refractivity contribution in [3.63, 3.8) is 0 Å². The minimum atomic E-state index is -0.0221. The molecule has 1 unspecified atom stereocenters. The van der Waals surface area contributed by atoms with Crippen molar-refractivity contribution in [1.82, 2.24) is 24.3 Å². The molecule has 1 atom stereocenters. The first-order valence-electron chi connectivity index (χ1n) is 8.11. The molecule has 0 saturated carbocycles. The quantitative estimate of drug-likeness (QED) is 0.681. The van der Waals surface area contributed by atoms with Crippen LogP contribution in [0.1, 0.15) is 29.2 Å². The molecule has 0 N–H and O–H groups in total. The van der Waals surface area contributed by atoms with E-state index in [9.17, 15) is 4.79 Å². The second kappa shape index (κ2) is 5.70. The lowest BCUT2D eigenvalue weighted by atomic mass is 9.93. The van der Waals surface area contributed by atoms with Crippen LogP contribution in [0.4, 0.5) is 5.13 Å². The van der Waals surface area contributed by atoms with Gasteiger partial charge >= 0.3 is 0 Å². The molecule has 3 aromatic rings. The summed E-state index contributed by atoms with van der Waals surface area (Å²) in [5.74, 6) is 0.656. The van der Waals surface area contributed by atoms with Crippen molar-refractivity contribution in [1.29, 1.82) is 0 Å². The number of rotatable bonds is 3. The maximum absolute atomic E-state index is 12.7. The number of Topliss-reactive ketones (excluding diaryl/α,β-unsaturated/α-hetero) is 1. The van der Waals surface area contributed by atoms with Crippen LogP contribution in [0.5, 0.6) is 0 Å². The van der Waals surface area contributed by atoms with Crippen LogP contribution in [-0.4, -0.2) is 43.2 Å². The van der Waals surface area contributed by atoms with Crippen molar-refractivity contribution in [3.05, 3.63) is 23.9 Å². The predicted molar refractivity (Wildman–Crippen MR) is 93.6 cm³/mol. The summed E-state index contributed by atoms with van der Waals surface area (Å²) in [6.07, 6.45) is 5.40. The maximum atomic E-state index is 12.7. The van der Waals surface area contributed by atoms with Gasteiger partial charge in [-0.15, -0.1) is 0 Å². The van der Waals surface area contributed by atoms with Gasteiger partial charge in [0.15, 0.2) is 16.6 Å². The molecule has 24 heavy (non-hydrogen) atoms. The Kier molecular flexibility index (Phi) is 3.64. The zero-order valence-electron chi connectivity index (χ0n) is 14.1. The van der Waals surface area contributed by atoms with Gasteiger partial charge in [0.05, 0.1) is 10.4 Å². The topological polar surface area (TPSA) is 68.8 Å². The molecule has 7 nitrogen and oxygen atoms in total. The van der Waals surface area contributed by atoms with Gasteiger partial charge in [-0.3, -0.25) is 4.79 Å². The van der Waals surface area contributed by atoms with E-state index in [1.54, 1.807) is 22.1 Å². The second-order valence-electron chi connectivity index (χ2n) is 6.37. The van der Waals surface area contributed by atoms with E-state index in [2.05, 4.69) is 15.0 Å². The Morgan fingerprint density at radius 3 is 2.92 bits per heavy atom. The fraction of sp³-hybridized carbons (Fsp3) is 0.500. The second-order valence-corrected chi connectivity index (χ2v) is 7.35. The highest BCUT2D eigenvalue weighted by molar-refractivity contribution is 7.22. The van der Waals surface area contributed by atoms with E-state index in [4.69, 9.17) is 4.98 Å². The number of piperidine rings is 1. The highest BCUT2D eigenvalue weighted by Gasteiger charge is 2.30. The van der Waals surface area contributed by atoms with Gasteiger partial charge in [-0.25, -0.2) is 14.6 Å². The molecule has 0 aliphatic carbocycles. The van der Waals surface area contributed by atoms with E-state index in [1.807, 2.05) is 31.9 Å². The molecular weight excluding hydrogens is 324 g/mol. The summed E-state index contributed by atoms with van der Waals surface area (Å²) in [6.45, 7) is 3.66. The highest BCUT2D eigenvalue weighted by atomic mass is 32.1. The molecule has 4 heterocycles. The fourth-order valence-electron chi connectivity index (χ4n) is 3.36. The van der Waals surface area contributed by atoms with Crippen LogP contribution in [0.3, 0.4) is 0 Å². The summed E-state index contributed by atoms with van der Waals surface area (Å²) in [5.41, 5.74) is 1.93. The Bertz CT molecular complexity index is 873. The number of imidazole rings is 1. The van der Waals surface area contributed by atoms with Gasteiger partial charge in [-0.2, -0.15) is 5.10 Å². The standard InChI is InChI=1S/C16H20N6OS/c1-10-13-15(21(3)19-10)18-16(24-13)22-7-4-5-11(9-22)12(23)14-17-6-8-20(14)2/h6,8,11H,4-5,7,9H2,1-3H3. The average molecular weight is 344 g/mol. The van der Waals surface area contributed by atoms with E-state index in [0.29, 0.717) is 12.4 Å². The lowest BCUT2D eigenvalue weighted by molar-refractivity contribution is 0.0893. The molecule has 0 radical (unpaired) electrons. The van der Waals surface area contributed by atoms with Crippen molar-refractivity contribution in [2.75, 3.05) is 18.0 Å². The fourth-order valence-corrected chi connectivity index (χ4v) is 4.43. The van der Waals surface area contributed by atoms with Crippen LogP contribution in [-0.2, 0) is 14.1 Å². The molecule has 1 aliphatic heterocycles. The van der Waals surface area contributed by atoms with Crippen LogP contribution in [0.25, 0.3) is 10.3 Å². The van der Waals surface area contributed by atoms with E-state index in [0.717, 1.165) is 40.6 Å². The van der Waals surface area contributed by atoms with E-state index in [1.165, 1.54) is 0 Å². The van der Waals surface area contributed by atoms with Gasteiger partial charge < -0.3 is 9.47 Å². The number of carbonyl (C=O) groups excluding carboxylic acids is 1. The number of carbonyl (C=O) groups is 1. The minimum Gasteiger partial charge on any atom is -0.347 e. The molecule has 0 bridgehead atoms. The Balaban J connectivity index is 1.59. The number of anilines is 1. The summed E-state index contributed by atoms with van der Waals surface area (Å²) in [7, 11) is 3.78. The Hall–Kier alpha value is -2.22. The molecule has 1 fully saturated rings. The predicted octanol–water partition coefficient (Wildman–Crippen LogP) is 2.17. The normalized spacial score (nSPS) is 18.5. The van der Waals surface area contributed by atoms with Crippen LogP contribution in [0.15, 0.2) is 12.4 Å². The van der Waals surface area contributed by atoms with Gasteiger partial charge in [0, 0.05) is 45.5 Å². The molecule has 0 amide bonds. The maximum Gasteiger partial charge on any atom is 0.203 e. The summed E-state index contributed by atoms with van der Waals surface area (Å²) >= 11 is 1.66. The van der Waals surface area contributed by atoms with Gasteiger partial charge in [0.2, 0.25) is 5.78 Å². The molecule has 1 aliphatic rings. The van der Waals surface area contributed by atoms with Gasteiger partial charge in [-0.1, -0.05) is 11.3 Å². The highest BCUT2D eigenvalue weighted by Crippen LogP contribution is 2.33. The SMILES string of the molecule is Cc1nn(C)c2nc(N3CCCC(C(=O)c4nccn4C)C3)sc12. The number of nitrogens with zero attached hydrogens (tertiary/aromatic N) is 6. The van der Waals surface area contributed by atoms with Crippen LogP contribution < -0.4 is 4.90 Å². The summed E-state index contributed by atoms with van der Waals surface area (Å²) in [5, 5.41) is 5.39. The van der Waals surface area contributed by atoms with Gasteiger partial charge in [-0.05, 0) is 19.8 Å². The van der Waals surface area contributed by atoms with Crippen molar-refractivity contribution in [2.24, 2.45) is 20.0 Å². The molecule has 0 aromatic carbocycles. The molecule has 1 saturated heterocycles. The Labute approximate surface area is 143 Å². The Morgan fingerprint density at radius 2 is 2.21 bits per heavy atom. The van der Waals surface area contributed by atoms with Crippen LogP contribution >= 0.6 is 11.3 Å². The van der Waals surface area contributed by atoms with Crippen LogP contribution in [0.2, 0.25) is 0 Å². The monoisotopic (exact) mass is 344 g/mol. The largest absolute Gasteiger partial charge is 0.347 e. The van der Waals surface area contributed by atoms with E-state index >= 15 is 0 Å². The molecule has 0 spiro atoms. The van der Waals surface area contributed by atoms with E-state index in [-0.39, 0.29) is 11.7 Å². The molecular formula is C16H20N6OS. The summed E-state index contributed by atoms with van der Waals surface area (Å²) in [6, 6.07) is 0. The summed E-state index contributed by atoms with van der Waals surface area (Å²) < 4.78 is 4.75. The molecule has 126 valence electrons. The average Bonchev–Trinajstić information content (AvgIpc) is 3.25. The van der Waals surface area contributed by atoms with Crippen molar-refractivity contribution < 1.29 is 4.79 Å². The third kappa shape index (κ3) is 2.41. The third-order valence-electron chi connectivity index (χ3n) is 4.64. The zero-order chi connectivity index (χ0) is 16.8. The van der Waals surface area contributed by atoms with Crippen LogP contribution in [0, 0.1) is 12.8 Å². The lowest BCUT2D eigenvalue weighted by Gasteiger charge is -2.31. The summed E-state index contributed by atoms with van der Waals surface area (Å²) in [4.78, 5) is 23.9. The number of hydrogen-bond donors (Lipinski definition) is 0. The zero-order valence-corrected chi connectivity index (χ0v) is 14.9. The smallest absolute Gasteiger partial charge is 0.203 e. The number of fused-ring (bicyclic) bond motifs is 1. The van der Waals surface area contributed by atoms with Crippen molar-refractivity contribution >= 4 is 32.6 Å². The third-order valence-corrected chi connectivity index (χ3v) is 5.85.